The molecule has 0 aliphatic carbocycles. The average molecular weight is 206 g/mol. The van der Waals surface area contributed by atoms with Gasteiger partial charge in [-0.25, -0.2) is 0 Å². The lowest BCUT2D eigenvalue weighted by molar-refractivity contribution is -0.113. The number of carbonyl (C=O) groups excluding carboxylic acids is 1. The van der Waals surface area contributed by atoms with Gasteiger partial charge in [0.25, 0.3) is 0 Å². The van der Waals surface area contributed by atoms with E-state index in [1.807, 2.05) is 18.2 Å². The molecule has 0 aromatic carbocycles. The number of Topliss-reactive ketones (excluding diaryl/α,β-unsaturated/α-hetero) is 1. The minimum atomic E-state index is 0.141. The third kappa shape index (κ3) is 4.15. The van der Waals surface area contributed by atoms with Crippen molar-refractivity contribution >= 4 is 11.9 Å². The van der Waals surface area contributed by atoms with E-state index >= 15 is 0 Å². The largest absolute Gasteiger partial charge is 0.465 e. The first-order valence-corrected chi connectivity index (χ1v) is 5.49. The van der Waals surface area contributed by atoms with Crippen molar-refractivity contribution in [3.05, 3.63) is 29.7 Å². The van der Waals surface area contributed by atoms with Crippen LogP contribution in [0.25, 0.3) is 6.08 Å². The van der Waals surface area contributed by atoms with E-state index in [0.717, 1.165) is 24.2 Å². The zero-order valence-corrected chi connectivity index (χ0v) is 9.45. The monoisotopic (exact) mass is 206 g/mol. The molecule has 0 unspecified atom stereocenters. The maximum absolute atomic E-state index is 11.4. The average Bonchev–Trinajstić information content (AvgIpc) is 2.69. The summed E-state index contributed by atoms with van der Waals surface area (Å²) in [4.78, 5) is 11.4. The van der Waals surface area contributed by atoms with Crippen LogP contribution >= 0.6 is 0 Å². The van der Waals surface area contributed by atoms with Gasteiger partial charge in [0.2, 0.25) is 0 Å². The Morgan fingerprint density at radius 2 is 2.27 bits per heavy atom. The molecular weight excluding hydrogens is 188 g/mol. The van der Waals surface area contributed by atoms with Gasteiger partial charge in [0.1, 0.15) is 5.76 Å². The van der Waals surface area contributed by atoms with Gasteiger partial charge in [-0.05, 0) is 43.5 Å². The molecule has 15 heavy (non-hydrogen) atoms. The van der Waals surface area contributed by atoms with Crippen molar-refractivity contribution < 1.29 is 9.21 Å². The zero-order chi connectivity index (χ0) is 11.1. The maximum atomic E-state index is 11.4. The van der Waals surface area contributed by atoms with E-state index in [-0.39, 0.29) is 5.78 Å². The summed E-state index contributed by atoms with van der Waals surface area (Å²) < 4.78 is 5.19. The molecule has 0 saturated carbocycles. The van der Waals surface area contributed by atoms with Crippen LogP contribution in [0, 0.1) is 0 Å². The van der Waals surface area contributed by atoms with Gasteiger partial charge in [0, 0.05) is 0 Å². The molecule has 1 aromatic rings. The third-order valence-electron chi connectivity index (χ3n) is 2.36. The molecule has 0 bridgehead atoms. The molecule has 2 heteroatoms. The van der Waals surface area contributed by atoms with E-state index in [1.165, 1.54) is 12.8 Å². The van der Waals surface area contributed by atoms with Gasteiger partial charge in [-0.2, -0.15) is 0 Å². The van der Waals surface area contributed by atoms with Crippen molar-refractivity contribution in [2.75, 3.05) is 0 Å². The summed E-state index contributed by atoms with van der Waals surface area (Å²) in [5, 5.41) is 0. The van der Waals surface area contributed by atoms with Crippen molar-refractivity contribution in [3.63, 3.8) is 0 Å². The van der Waals surface area contributed by atoms with E-state index in [0.29, 0.717) is 0 Å². The Balaban J connectivity index is 2.61. The SMILES string of the molecule is CCCCC/C(=C\c1ccco1)C(C)=O. The molecule has 82 valence electrons. The fraction of sp³-hybridized carbons (Fsp3) is 0.462. The van der Waals surface area contributed by atoms with Gasteiger partial charge in [0.05, 0.1) is 6.26 Å². The lowest BCUT2D eigenvalue weighted by atomic mass is 10.0. The predicted molar refractivity (Wildman–Crippen MR) is 61.5 cm³/mol. The summed E-state index contributed by atoms with van der Waals surface area (Å²) in [6, 6.07) is 3.69. The quantitative estimate of drug-likeness (QED) is 0.523. The summed E-state index contributed by atoms with van der Waals surface area (Å²) >= 11 is 0. The highest BCUT2D eigenvalue weighted by molar-refractivity contribution is 5.97. The molecule has 1 rings (SSSR count). The lowest BCUT2D eigenvalue weighted by Crippen LogP contribution is -1.96. The molecule has 0 spiro atoms. The molecule has 1 aromatic heterocycles. The van der Waals surface area contributed by atoms with Gasteiger partial charge in [0.15, 0.2) is 5.78 Å². The van der Waals surface area contributed by atoms with E-state index in [9.17, 15) is 4.79 Å². The van der Waals surface area contributed by atoms with Gasteiger partial charge in [-0.1, -0.05) is 19.8 Å². The van der Waals surface area contributed by atoms with Crippen molar-refractivity contribution in [1.82, 2.24) is 0 Å². The lowest BCUT2D eigenvalue weighted by Gasteiger charge is -2.01. The minimum absolute atomic E-state index is 0.141. The molecule has 0 amide bonds. The Morgan fingerprint density at radius 1 is 1.47 bits per heavy atom. The van der Waals surface area contributed by atoms with Crippen molar-refractivity contribution in [3.8, 4) is 0 Å². The number of unbranched alkanes of at least 4 members (excludes halogenated alkanes) is 2. The van der Waals surface area contributed by atoms with Crippen molar-refractivity contribution in [1.29, 1.82) is 0 Å². The summed E-state index contributed by atoms with van der Waals surface area (Å²) in [6.07, 6.45) is 7.73. The second-order valence-electron chi connectivity index (χ2n) is 3.70. The number of hydrogen-bond donors (Lipinski definition) is 0. The number of hydrogen-bond acceptors (Lipinski definition) is 2. The number of ketones is 1. The van der Waals surface area contributed by atoms with E-state index in [1.54, 1.807) is 13.2 Å². The Hall–Kier alpha value is -1.31. The van der Waals surface area contributed by atoms with Gasteiger partial charge in [-0.3, -0.25) is 4.79 Å². The predicted octanol–water partition coefficient (Wildman–Crippen LogP) is 3.83. The van der Waals surface area contributed by atoms with Crippen LogP contribution in [0.15, 0.2) is 28.4 Å². The standard InChI is InChI=1S/C13H18O2/c1-3-4-5-7-12(11(2)14)10-13-8-6-9-15-13/h6,8-10H,3-5,7H2,1-2H3/b12-10+. The number of allylic oxidation sites excluding steroid dienone is 1. The normalized spacial score (nSPS) is 11.7. The summed E-state index contributed by atoms with van der Waals surface area (Å²) in [7, 11) is 0. The Labute approximate surface area is 91.0 Å². The number of rotatable bonds is 6. The second kappa shape index (κ2) is 6.23. The van der Waals surface area contributed by atoms with Gasteiger partial charge < -0.3 is 4.42 Å². The minimum Gasteiger partial charge on any atom is -0.465 e. The van der Waals surface area contributed by atoms with Gasteiger partial charge >= 0.3 is 0 Å². The van der Waals surface area contributed by atoms with Crippen LogP contribution in [-0.4, -0.2) is 5.78 Å². The molecule has 2 nitrogen and oxygen atoms in total. The molecule has 0 radical (unpaired) electrons. The topological polar surface area (TPSA) is 30.2 Å². The first-order valence-electron chi connectivity index (χ1n) is 5.49. The molecular formula is C13H18O2. The zero-order valence-electron chi connectivity index (χ0n) is 9.45. The summed E-state index contributed by atoms with van der Waals surface area (Å²) in [5.74, 6) is 0.902. The molecule has 0 aliphatic rings. The Kier molecular flexibility index (Phi) is 4.88. The molecule has 0 aliphatic heterocycles. The smallest absolute Gasteiger partial charge is 0.155 e. The Morgan fingerprint density at radius 3 is 2.80 bits per heavy atom. The number of furan rings is 1. The van der Waals surface area contributed by atoms with Gasteiger partial charge in [-0.15, -0.1) is 0 Å². The van der Waals surface area contributed by atoms with Crippen LogP contribution in [0.1, 0.15) is 45.3 Å². The fourth-order valence-corrected chi connectivity index (χ4v) is 1.46. The van der Waals surface area contributed by atoms with E-state index < -0.39 is 0 Å². The summed E-state index contributed by atoms with van der Waals surface area (Å²) in [5.41, 5.74) is 0.860. The summed E-state index contributed by atoms with van der Waals surface area (Å²) in [6.45, 7) is 3.77. The Bertz CT molecular complexity index is 320. The van der Waals surface area contributed by atoms with Crippen LogP contribution in [0.2, 0.25) is 0 Å². The van der Waals surface area contributed by atoms with Crippen LogP contribution < -0.4 is 0 Å². The molecule has 0 fully saturated rings. The maximum Gasteiger partial charge on any atom is 0.155 e. The fourth-order valence-electron chi connectivity index (χ4n) is 1.46. The highest BCUT2D eigenvalue weighted by Crippen LogP contribution is 2.14. The molecule has 1 heterocycles. The highest BCUT2D eigenvalue weighted by Gasteiger charge is 2.04. The van der Waals surface area contributed by atoms with Crippen molar-refractivity contribution in [2.24, 2.45) is 0 Å². The van der Waals surface area contributed by atoms with Crippen LogP contribution in [0.4, 0.5) is 0 Å². The highest BCUT2D eigenvalue weighted by atomic mass is 16.3. The van der Waals surface area contributed by atoms with E-state index in [2.05, 4.69) is 6.92 Å². The van der Waals surface area contributed by atoms with Crippen LogP contribution in [-0.2, 0) is 4.79 Å². The molecule has 0 N–H and O–H groups in total. The molecule has 0 atom stereocenters. The first kappa shape index (κ1) is 11.8. The van der Waals surface area contributed by atoms with Crippen LogP contribution in [0.3, 0.4) is 0 Å². The molecule has 0 saturated heterocycles. The third-order valence-corrected chi connectivity index (χ3v) is 2.36. The van der Waals surface area contributed by atoms with Crippen molar-refractivity contribution in [2.45, 2.75) is 39.5 Å². The number of carbonyl (C=O) groups is 1. The van der Waals surface area contributed by atoms with Crippen LogP contribution in [0.5, 0.6) is 0 Å². The first-order chi connectivity index (χ1) is 7.24. The van der Waals surface area contributed by atoms with E-state index in [4.69, 9.17) is 4.42 Å². The second-order valence-corrected chi connectivity index (χ2v) is 3.70.